The smallest absolute Gasteiger partial charge is 0.193 e. The van der Waals surface area contributed by atoms with Crippen molar-refractivity contribution in [3.05, 3.63) is 30.3 Å². The Hall–Kier alpha value is -1.24. The van der Waals surface area contributed by atoms with Gasteiger partial charge in [0.25, 0.3) is 0 Å². The fourth-order valence-corrected chi connectivity index (χ4v) is 4.73. The first-order valence-corrected chi connectivity index (χ1v) is 11.4. The first-order valence-electron chi connectivity index (χ1n) is 10.6. The van der Waals surface area contributed by atoms with Gasteiger partial charge in [-0.05, 0) is 51.2 Å². The number of ether oxygens (including phenoxy) is 2. The third-order valence-electron chi connectivity index (χ3n) is 5.32. The van der Waals surface area contributed by atoms with Crippen molar-refractivity contribution in [1.29, 1.82) is 0 Å². The Morgan fingerprint density at radius 2 is 1.96 bits per heavy atom. The molecule has 156 valence electrons. The van der Waals surface area contributed by atoms with Crippen LogP contribution in [0.15, 0.2) is 40.2 Å². The van der Waals surface area contributed by atoms with Crippen LogP contribution < -0.4 is 5.32 Å². The average molecular weight is 406 g/mol. The van der Waals surface area contributed by atoms with Crippen molar-refractivity contribution in [2.45, 2.75) is 54.8 Å². The van der Waals surface area contributed by atoms with Gasteiger partial charge in [0.05, 0.1) is 12.6 Å². The molecule has 5 nitrogen and oxygen atoms in total. The number of hydrogen-bond donors (Lipinski definition) is 1. The fraction of sp³-hybridized carbons (Fsp3) is 0.682. The summed E-state index contributed by atoms with van der Waals surface area (Å²) in [4.78, 5) is 8.79. The molecule has 3 rings (SSSR count). The number of piperidine rings is 1. The highest BCUT2D eigenvalue weighted by Gasteiger charge is 2.43. The molecule has 0 amide bonds. The molecule has 1 heterocycles. The lowest BCUT2D eigenvalue weighted by molar-refractivity contribution is 0.00990. The van der Waals surface area contributed by atoms with E-state index in [1.165, 1.54) is 17.7 Å². The minimum atomic E-state index is 0.296. The molecule has 1 aromatic carbocycles. The van der Waals surface area contributed by atoms with Crippen LogP contribution in [0.2, 0.25) is 0 Å². The van der Waals surface area contributed by atoms with E-state index in [1.54, 1.807) is 7.11 Å². The first-order chi connectivity index (χ1) is 13.7. The van der Waals surface area contributed by atoms with E-state index in [0.717, 1.165) is 64.6 Å². The Kier molecular flexibility index (Phi) is 8.49. The van der Waals surface area contributed by atoms with Crippen LogP contribution in [-0.2, 0) is 9.47 Å². The van der Waals surface area contributed by atoms with Crippen LogP contribution in [0.5, 0.6) is 0 Å². The van der Waals surface area contributed by atoms with Crippen molar-refractivity contribution in [3.63, 3.8) is 0 Å². The number of hydrogen-bond acceptors (Lipinski definition) is 4. The van der Waals surface area contributed by atoms with Gasteiger partial charge in [-0.1, -0.05) is 18.2 Å². The molecule has 0 spiro atoms. The largest absolute Gasteiger partial charge is 0.385 e. The van der Waals surface area contributed by atoms with Gasteiger partial charge in [-0.2, -0.15) is 0 Å². The summed E-state index contributed by atoms with van der Waals surface area (Å²) in [7, 11) is 1.74. The number of benzene rings is 1. The van der Waals surface area contributed by atoms with Crippen LogP contribution in [0, 0.1) is 0 Å². The van der Waals surface area contributed by atoms with E-state index < -0.39 is 0 Å². The fourth-order valence-electron chi connectivity index (χ4n) is 3.50. The van der Waals surface area contributed by atoms with E-state index in [9.17, 15) is 0 Å². The Morgan fingerprint density at radius 1 is 1.21 bits per heavy atom. The summed E-state index contributed by atoms with van der Waals surface area (Å²) in [5, 5.41) is 3.50. The van der Waals surface area contributed by atoms with Crippen LogP contribution in [0.4, 0.5) is 0 Å². The molecule has 0 atom stereocenters. The Morgan fingerprint density at radius 3 is 2.61 bits per heavy atom. The molecule has 1 saturated carbocycles. The van der Waals surface area contributed by atoms with Crippen molar-refractivity contribution in [2.75, 3.05) is 46.5 Å². The molecule has 1 aromatic rings. The molecule has 1 aliphatic carbocycles. The summed E-state index contributed by atoms with van der Waals surface area (Å²) in [6.07, 6.45) is 6.00. The summed E-state index contributed by atoms with van der Waals surface area (Å²) in [5.74, 6) is 1.07. The molecule has 2 fully saturated rings. The molecule has 1 N–H and O–H groups in total. The zero-order valence-corrected chi connectivity index (χ0v) is 18.2. The third-order valence-corrected chi connectivity index (χ3v) is 6.80. The minimum Gasteiger partial charge on any atom is -0.385 e. The second-order valence-electron chi connectivity index (χ2n) is 7.67. The SMILES string of the molecule is CCNC(=NCC1(Sc2ccccc2)CC1)N1CCC(OCCCOC)CC1. The molecular formula is C22H35N3O2S. The molecule has 0 bridgehead atoms. The molecular weight excluding hydrogens is 370 g/mol. The molecule has 1 saturated heterocycles. The van der Waals surface area contributed by atoms with Gasteiger partial charge in [-0.3, -0.25) is 4.99 Å². The van der Waals surface area contributed by atoms with Crippen LogP contribution in [0.1, 0.15) is 39.0 Å². The zero-order valence-electron chi connectivity index (χ0n) is 17.4. The quantitative estimate of drug-likeness (QED) is 0.364. The molecule has 28 heavy (non-hydrogen) atoms. The number of nitrogens with one attached hydrogen (secondary N) is 1. The predicted molar refractivity (Wildman–Crippen MR) is 117 cm³/mol. The predicted octanol–water partition coefficient (Wildman–Crippen LogP) is 3.79. The second-order valence-corrected chi connectivity index (χ2v) is 9.21. The van der Waals surface area contributed by atoms with Crippen LogP contribution in [0.3, 0.4) is 0 Å². The van der Waals surface area contributed by atoms with Gasteiger partial charge in [0, 0.05) is 49.6 Å². The maximum atomic E-state index is 5.99. The summed E-state index contributed by atoms with van der Waals surface area (Å²) >= 11 is 1.99. The van der Waals surface area contributed by atoms with Gasteiger partial charge in [-0.15, -0.1) is 11.8 Å². The van der Waals surface area contributed by atoms with Crippen LogP contribution in [0.25, 0.3) is 0 Å². The van der Waals surface area contributed by atoms with Gasteiger partial charge < -0.3 is 19.7 Å². The van der Waals surface area contributed by atoms with Crippen molar-refractivity contribution in [3.8, 4) is 0 Å². The van der Waals surface area contributed by atoms with Gasteiger partial charge in [0.2, 0.25) is 0 Å². The summed E-state index contributed by atoms with van der Waals surface area (Å²) in [6, 6.07) is 10.7. The van der Waals surface area contributed by atoms with Crippen LogP contribution >= 0.6 is 11.8 Å². The van der Waals surface area contributed by atoms with E-state index in [1.807, 2.05) is 11.8 Å². The summed E-state index contributed by atoms with van der Waals surface area (Å²) in [6.45, 7) is 7.55. The van der Waals surface area contributed by atoms with Crippen LogP contribution in [-0.4, -0.2) is 68.2 Å². The lowest BCUT2D eigenvalue weighted by Crippen LogP contribution is -2.47. The van der Waals surface area contributed by atoms with Gasteiger partial charge in [-0.25, -0.2) is 0 Å². The topological polar surface area (TPSA) is 46.1 Å². The maximum absolute atomic E-state index is 5.99. The van der Waals surface area contributed by atoms with E-state index in [-0.39, 0.29) is 0 Å². The number of guanidine groups is 1. The number of likely N-dealkylation sites (tertiary alicyclic amines) is 1. The standard InChI is InChI=1S/C22H35N3O2S/c1-3-23-21(25-14-10-19(11-15-25)27-17-7-16-26-2)24-18-22(12-13-22)28-20-8-5-4-6-9-20/h4-6,8-9,19H,3,7,10-18H2,1-2H3,(H,23,24). The Balaban J connectivity index is 1.48. The summed E-state index contributed by atoms with van der Waals surface area (Å²) < 4.78 is 11.4. The highest BCUT2D eigenvalue weighted by Crippen LogP contribution is 2.51. The van der Waals surface area contributed by atoms with Gasteiger partial charge >= 0.3 is 0 Å². The number of aliphatic imine (C=N–C) groups is 1. The Bertz CT molecular complexity index is 599. The number of methoxy groups -OCH3 is 1. The van der Waals surface area contributed by atoms with Crippen molar-refractivity contribution in [2.24, 2.45) is 4.99 Å². The molecule has 1 aliphatic heterocycles. The second kappa shape index (κ2) is 11.1. The number of nitrogens with zero attached hydrogens (tertiary/aromatic N) is 2. The van der Waals surface area contributed by atoms with Crippen molar-refractivity contribution < 1.29 is 9.47 Å². The third kappa shape index (κ3) is 6.68. The van der Waals surface area contributed by atoms with E-state index in [4.69, 9.17) is 14.5 Å². The van der Waals surface area contributed by atoms with Gasteiger partial charge in [0.1, 0.15) is 0 Å². The zero-order chi connectivity index (χ0) is 19.7. The molecule has 0 aromatic heterocycles. The molecule has 2 aliphatic rings. The monoisotopic (exact) mass is 405 g/mol. The first kappa shape index (κ1) is 21.5. The normalized spacial score (nSPS) is 19.6. The summed E-state index contributed by atoms with van der Waals surface area (Å²) in [5.41, 5.74) is 0. The lowest BCUT2D eigenvalue weighted by Gasteiger charge is -2.34. The van der Waals surface area contributed by atoms with E-state index in [2.05, 4.69) is 47.5 Å². The van der Waals surface area contributed by atoms with E-state index in [0.29, 0.717) is 10.9 Å². The number of rotatable bonds is 10. The van der Waals surface area contributed by atoms with Crippen molar-refractivity contribution in [1.82, 2.24) is 10.2 Å². The van der Waals surface area contributed by atoms with Gasteiger partial charge in [0.15, 0.2) is 5.96 Å². The minimum absolute atomic E-state index is 0.296. The Labute approximate surface area is 174 Å². The molecule has 0 unspecified atom stereocenters. The lowest BCUT2D eigenvalue weighted by atomic mass is 10.1. The highest BCUT2D eigenvalue weighted by atomic mass is 32.2. The maximum Gasteiger partial charge on any atom is 0.193 e. The molecule has 0 radical (unpaired) electrons. The van der Waals surface area contributed by atoms with E-state index >= 15 is 0 Å². The highest BCUT2D eigenvalue weighted by molar-refractivity contribution is 8.01. The molecule has 6 heteroatoms. The average Bonchev–Trinajstić information content (AvgIpc) is 3.49. The van der Waals surface area contributed by atoms with Crippen molar-refractivity contribution >= 4 is 17.7 Å². The number of thioether (sulfide) groups is 1.